The van der Waals surface area contributed by atoms with Crippen molar-refractivity contribution < 1.29 is 9.18 Å². The molecule has 0 saturated heterocycles. The number of nitrogen functional groups attached to an aromatic ring is 1. The molecule has 0 unspecified atom stereocenters. The van der Waals surface area contributed by atoms with Crippen LogP contribution in [0.3, 0.4) is 0 Å². The van der Waals surface area contributed by atoms with Crippen LogP contribution in [0.1, 0.15) is 6.92 Å². The third-order valence-corrected chi connectivity index (χ3v) is 3.84. The molecule has 1 heterocycles. The number of nitrogens with two attached hydrogens (primary N) is 1. The molecule has 0 bridgehead atoms. The maximum Gasteiger partial charge on any atom is 0.242 e. The van der Waals surface area contributed by atoms with Gasteiger partial charge in [-0.15, -0.1) is 0 Å². The van der Waals surface area contributed by atoms with E-state index in [9.17, 15) is 9.18 Å². The third kappa shape index (κ3) is 2.65. The molecule has 7 heteroatoms. The maximum atomic E-state index is 13.6. The van der Waals surface area contributed by atoms with E-state index in [1.807, 2.05) is 29.5 Å². The topological polar surface area (TPSA) is 64.2 Å². The lowest BCUT2D eigenvalue weighted by Gasteiger charge is -2.15. The van der Waals surface area contributed by atoms with Gasteiger partial charge in [-0.1, -0.05) is 0 Å². The van der Waals surface area contributed by atoms with Crippen molar-refractivity contribution in [1.82, 2.24) is 14.5 Å². The minimum atomic E-state index is -0.342. The second kappa shape index (κ2) is 5.32. The fourth-order valence-corrected chi connectivity index (χ4v) is 2.19. The van der Waals surface area contributed by atoms with Gasteiger partial charge in [0.2, 0.25) is 11.9 Å². The predicted molar refractivity (Wildman–Crippen MR) is 80.1 cm³/mol. The number of rotatable bonds is 3. The van der Waals surface area contributed by atoms with Crippen LogP contribution in [0.15, 0.2) is 12.1 Å². The first-order chi connectivity index (χ1) is 8.93. The normalized spacial score (nSPS) is 10.9. The summed E-state index contributed by atoms with van der Waals surface area (Å²) in [5.41, 5.74) is 6.93. The van der Waals surface area contributed by atoms with Crippen LogP contribution in [-0.4, -0.2) is 34.0 Å². The first-order valence-electron chi connectivity index (χ1n) is 5.78. The molecule has 0 aliphatic rings. The van der Waals surface area contributed by atoms with Gasteiger partial charge in [0.05, 0.1) is 14.6 Å². The van der Waals surface area contributed by atoms with Crippen LogP contribution in [0, 0.1) is 9.39 Å². The highest BCUT2D eigenvalue weighted by Crippen LogP contribution is 2.22. The Bertz CT molecular complexity index is 640. The molecule has 1 aromatic carbocycles. The Morgan fingerprint density at radius 1 is 1.58 bits per heavy atom. The first kappa shape index (κ1) is 14.0. The molecule has 0 aliphatic carbocycles. The molecule has 2 rings (SSSR count). The molecule has 0 radical (unpaired) electrons. The molecule has 0 spiro atoms. The van der Waals surface area contributed by atoms with Crippen molar-refractivity contribution in [3.8, 4) is 0 Å². The van der Waals surface area contributed by atoms with Crippen molar-refractivity contribution in [2.75, 3.05) is 19.3 Å². The Balaban J connectivity index is 2.45. The van der Waals surface area contributed by atoms with Gasteiger partial charge in [0.25, 0.3) is 0 Å². The van der Waals surface area contributed by atoms with Gasteiger partial charge in [-0.05, 0) is 35.6 Å². The standard InChI is InChI=1S/C12H14FIN4O/c1-3-17(2)11(19)6-18-10-4-7(13)8(14)5-9(10)16-12(18)15/h4-5H,3,6H2,1-2H3,(H2,15,16). The molecular weight excluding hydrogens is 362 g/mol. The minimum absolute atomic E-state index is 0.0622. The molecule has 5 nitrogen and oxygen atoms in total. The van der Waals surface area contributed by atoms with E-state index in [-0.39, 0.29) is 24.2 Å². The number of imidazole rings is 1. The Morgan fingerprint density at radius 2 is 2.26 bits per heavy atom. The Morgan fingerprint density at radius 3 is 2.89 bits per heavy atom. The van der Waals surface area contributed by atoms with Crippen LogP contribution in [0.2, 0.25) is 0 Å². The first-order valence-corrected chi connectivity index (χ1v) is 6.86. The molecule has 2 N–H and O–H groups in total. The number of hydrogen-bond donors (Lipinski definition) is 1. The van der Waals surface area contributed by atoms with E-state index in [4.69, 9.17) is 5.73 Å². The Kier molecular flexibility index (Phi) is 3.93. The van der Waals surface area contributed by atoms with E-state index in [0.717, 1.165) is 0 Å². The average Bonchev–Trinajstić information content (AvgIpc) is 2.65. The molecule has 0 saturated carbocycles. The monoisotopic (exact) mass is 376 g/mol. The number of hydrogen-bond acceptors (Lipinski definition) is 3. The zero-order chi connectivity index (χ0) is 14.2. The quantitative estimate of drug-likeness (QED) is 0.832. The molecule has 1 amide bonds. The lowest BCUT2D eigenvalue weighted by atomic mass is 10.3. The number of nitrogens with zero attached hydrogens (tertiary/aromatic N) is 3. The van der Waals surface area contributed by atoms with Crippen molar-refractivity contribution in [2.24, 2.45) is 0 Å². The molecule has 0 atom stereocenters. The van der Waals surface area contributed by atoms with E-state index in [1.54, 1.807) is 18.0 Å². The van der Waals surface area contributed by atoms with Crippen LogP contribution in [0.4, 0.5) is 10.3 Å². The van der Waals surface area contributed by atoms with Crippen LogP contribution in [0.5, 0.6) is 0 Å². The number of carbonyl (C=O) groups excluding carboxylic acids is 1. The van der Waals surface area contributed by atoms with Gasteiger partial charge >= 0.3 is 0 Å². The predicted octanol–water partition coefficient (Wildman–Crippen LogP) is 1.84. The fraction of sp³-hybridized carbons (Fsp3) is 0.333. The molecular formula is C12H14FIN4O. The van der Waals surface area contributed by atoms with Gasteiger partial charge in [0.1, 0.15) is 12.4 Å². The largest absolute Gasteiger partial charge is 0.369 e. The van der Waals surface area contributed by atoms with Gasteiger partial charge < -0.3 is 15.2 Å². The summed E-state index contributed by atoms with van der Waals surface area (Å²) in [5.74, 6) is -0.216. The SMILES string of the molecule is CCN(C)C(=O)Cn1c(N)nc2cc(I)c(F)cc21. The number of halogens is 2. The second-order valence-corrected chi connectivity index (χ2v) is 5.38. The Labute approximate surface area is 123 Å². The van der Waals surface area contributed by atoms with Gasteiger partial charge in [-0.2, -0.15) is 0 Å². The molecule has 2 aromatic rings. The average molecular weight is 376 g/mol. The van der Waals surface area contributed by atoms with Crippen LogP contribution >= 0.6 is 22.6 Å². The van der Waals surface area contributed by atoms with Crippen LogP contribution in [-0.2, 0) is 11.3 Å². The van der Waals surface area contributed by atoms with Crippen molar-refractivity contribution in [3.05, 3.63) is 21.5 Å². The number of aromatic nitrogens is 2. The molecule has 0 aliphatic heterocycles. The van der Waals surface area contributed by atoms with Gasteiger partial charge in [0, 0.05) is 19.7 Å². The van der Waals surface area contributed by atoms with Crippen molar-refractivity contribution in [2.45, 2.75) is 13.5 Å². The summed E-state index contributed by atoms with van der Waals surface area (Å²) in [6, 6.07) is 2.98. The molecule has 1 aromatic heterocycles. The lowest BCUT2D eigenvalue weighted by Crippen LogP contribution is -2.30. The summed E-state index contributed by atoms with van der Waals surface area (Å²) >= 11 is 1.90. The van der Waals surface area contributed by atoms with Crippen molar-refractivity contribution in [3.63, 3.8) is 0 Å². The number of anilines is 1. The zero-order valence-corrected chi connectivity index (χ0v) is 12.8. The highest BCUT2D eigenvalue weighted by atomic mass is 127. The van der Waals surface area contributed by atoms with Gasteiger partial charge in [-0.3, -0.25) is 4.79 Å². The summed E-state index contributed by atoms with van der Waals surface area (Å²) in [7, 11) is 1.71. The summed E-state index contributed by atoms with van der Waals surface area (Å²) in [6.45, 7) is 2.56. The summed E-state index contributed by atoms with van der Waals surface area (Å²) in [4.78, 5) is 17.6. The number of fused-ring (bicyclic) bond motifs is 1. The number of likely N-dealkylation sites (N-methyl/N-ethyl adjacent to an activating group) is 1. The minimum Gasteiger partial charge on any atom is -0.369 e. The van der Waals surface area contributed by atoms with Crippen LogP contribution in [0.25, 0.3) is 11.0 Å². The van der Waals surface area contributed by atoms with Crippen molar-refractivity contribution >= 4 is 45.5 Å². The summed E-state index contributed by atoms with van der Waals surface area (Å²) in [5, 5.41) is 0. The van der Waals surface area contributed by atoms with Gasteiger partial charge in [-0.25, -0.2) is 9.37 Å². The second-order valence-electron chi connectivity index (χ2n) is 4.22. The highest BCUT2D eigenvalue weighted by Gasteiger charge is 2.15. The molecule has 19 heavy (non-hydrogen) atoms. The van der Waals surface area contributed by atoms with E-state index in [1.165, 1.54) is 10.6 Å². The van der Waals surface area contributed by atoms with Crippen LogP contribution < -0.4 is 5.73 Å². The summed E-state index contributed by atoms with van der Waals surface area (Å²) < 4.78 is 15.6. The zero-order valence-electron chi connectivity index (χ0n) is 10.7. The van der Waals surface area contributed by atoms with Crippen molar-refractivity contribution in [1.29, 1.82) is 0 Å². The summed E-state index contributed by atoms with van der Waals surface area (Å²) in [6.07, 6.45) is 0. The van der Waals surface area contributed by atoms with E-state index < -0.39 is 0 Å². The fourth-order valence-electron chi connectivity index (χ4n) is 1.74. The highest BCUT2D eigenvalue weighted by molar-refractivity contribution is 14.1. The lowest BCUT2D eigenvalue weighted by molar-refractivity contribution is -0.130. The molecule has 0 fully saturated rings. The molecule has 102 valence electrons. The maximum absolute atomic E-state index is 13.6. The number of carbonyl (C=O) groups is 1. The number of amides is 1. The smallest absolute Gasteiger partial charge is 0.242 e. The van der Waals surface area contributed by atoms with Gasteiger partial charge in [0.15, 0.2) is 0 Å². The number of benzene rings is 1. The van der Waals surface area contributed by atoms with E-state index in [2.05, 4.69) is 4.98 Å². The van der Waals surface area contributed by atoms with E-state index in [0.29, 0.717) is 21.1 Å². The third-order valence-electron chi connectivity index (χ3n) is 3.01. The Hall–Kier alpha value is -1.38. The van der Waals surface area contributed by atoms with E-state index >= 15 is 0 Å².